The molecule has 0 aliphatic carbocycles. The molecular formula is C14H14ClNO3S. The number of halogens is 1. The van der Waals surface area contributed by atoms with Crippen molar-refractivity contribution in [1.29, 1.82) is 0 Å². The van der Waals surface area contributed by atoms with Crippen LogP contribution in [-0.4, -0.2) is 13.5 Å². The van der Waals surface area contributed by atoms with Gasteiger partial charge in [0.25, 0.3) is 0 Å². The van der Waals surface area contributed by atoms with Gasteiger partial charge in [-0.15, -0.1) is 0 Å². The van der Waals surface area contributed by atoms with E-state index in [-0.39, 0.29) is 23.1 Å². The molecule has 0 radical (unpaired) electrons. The van der Waals surface area contributed by atoms with Gasteiger partial charge in [0, 0.05) is 6.54 Å². The van der Waals surface area contributed by atoms with Gasteiger partial charge in [-0.1, -0.05) is 48.0 Å². The van der Waals surface area contributed by atoms with E-state index in [2.05, 4.69) is 4.72 Å². The predicted molar refractivity (Wildman–Crippen MR) is 77.8 cm³/mol. The summed E-state index contributed by atoms with van der Waals surface area (Å²) in [6, 6.07) is 13.3. The van der Waals surface area contributed by atoms with Crippen molar-refractivity contribution in [2.24, 2.45) is 0 Å². The summed E-state index contributed by atoms with van der Waals surface area (Å²) in [4.78, 5) is 0.0555. The molecule has 0 aromatic heterocycles. The lowest BCUT2D eigenvalue weighted by molar-refractivity contribution is 0.281. The Morgan fingerprint density at radius 3 is 2.45 bits per heavy atom. The van der Waals surface area contributed by atoms with Gasteiger partial charge in [0.15, 0.2) is 0 Å². The zero-order chi connectivity index (χ0) is 14.6. The highest BCUT2D eigenvalue weighted by atomic mass is 35.5. The normalized spacial score (nSPS) is 11.5. The Labute approximate surface area is 123 Å². The Balaban J connectivity index is 2.15. The highest BCUT2D eigenvalue weighted by Gasteiger charge is 2.16. The van der Waals surface area contributed by atoms with Crippen LogP contribution in [0.1, 0.15) is 11.1 Å². The van der Waals surface area contributed by atoms with Gasteiger partial charge < -0.3 is 5.11 Å². The molecule has 4 nitrogen and oxygen atoms in total. The maximum absolute atomic E-state index is 12.1. The molecule has 0 atom stereocenters. The molecule has 2 N–H and O–H groups in total. The first kappa shape index (κ1) is 15.0. The van der Waals surface area contributed by atoms with E-state index in [4.69, 9.17) is 16.7 Å². The number of hydrogen-bond acceptors (Lipinski definition) is 3. The molecule has 0 unspecified atom stereocenters. The van der Waals surface area contributed by atoms with Crippen molar-refractivity contribution in [1.82, 2.24) is 4.72 Å². The molecule has 2 rings (SSSR count). The second-order valence-corrected chi connectivity index (χ2v) is 6.38. The molecule has 0 saturated carbocycles. The van der Waals surface area contributed by atoms with Gasteiger partial charge in [0.1, 0.15) is 4.90 Å². The van der Waals surface area contributed by atoms with E-state index in [0.717, 1.165) is 11.1 Å². The van der Waals surface area contributed by atoms with E-state index in [1.54, 1.807) is 36.4 Å². The van der Waals surface area contributed by atoms with Crippen molar-refractivity contribution < 1.29 is 13.5 Å². The minimum Gasteiger partial charge on any atom is -0.392 e. The van der Waals surface area contributed by atoms with E-state index >= 15 is 0 Å². The van der Waals surface area contributed by atoms with Crippen LogP contribution in [0.4, 0.5) is 0 Å². The van der Waals surface area contributed by atoms with Crippen LogP contribution in [-0.2, 0) is 23.2 Å². The van der Waals surface area contributed by atoms with E-state index in [1.165, 1.54) is 12.1 Å². The van der Waals surface area contributed by atoms with Crippen LogP contribution in [0.5, 0.6) is 0 Å². The fourth-order valence-electron chi connectivity index (χ4n) is 1.76. The topological polar surface area (TPSA) is 66.4 Å². The fourth-order valence-corrected chi connectivity index (χ4v) is 3.29. The van der Waals surface area contributed by atoms with Crippen molar-refractivity contribution in [3.63, 3.8) is 0 Å². The number of aliphatic hydroxyl groups excluding tert-OH is 1. The summed E-state index contributed by atoms with van der Waals surface area (Å²) in [5.41, 5.74) is 1.51. The van der Waals surface area contributed by atoms with E-state index in [0.29, 0.717) is 0 Å². The van der Waals surface area contributed by atoms with Crippen molar-refractivity contribution in [2.75, 3.05) is 0 Å². The van der Waals surface area contributed by atoms with Gasteiger partial charge >= 0.3 is 0 Å². The second kappa shape index (κ2) is 6.37. The van der Waals surface area contributed by atoms with Gasteiger partial charge in [0.2, 0.25) is 10.0 Å². The SMILES string of the molecule is O=S(=O)(NCc1cccc(CO)c1)c1ccccc1Cl. The third-order valence-corrected chi connectivity index (χ3v) is 4.67. The average molecular weight is 312 g/mol. The summed E-state index contributed by atoms with van der Waals surface area (Å²) >= 11 is 5.89. The van der Waals surface area contributed by atoms with Gasteiger partial charge in [0.05, 0.1) is 11.6 Å². The van der Waals surface area contributed by atoms with Crippen molar-refractivity contribution in [3.05, 3.63) is 64.7 Å². The van der Waals surface area contributed by atoms with Crippen molar-refractivity contribution >= 4 is 21.6 Å². The molecule has 106 valence electrons. The summed E-state index contributed by atoms with van der Waals surface area (Å²) in [7, 11) is -3.65. The zero-order valence-electron chi connectivity index (χ0n) is 10.6. The molecule has 0 spiro atoms. The molecule has 20 heavy (non-hydrogen) atoms. The standard InChI is InChI=1S/C14H14ClNO3S/c15-13-6-1-2-7-14(13)20(18,19)16-9-11-4-3-5-12(8-11)10-17/h1-8,16-17H,9-10H2. The number of hydrogen-bond donors (Lipinski definition) is 2. The number of benzene rings is 2. The lowest BCUT2D eigenvalue weighted by atomic mass is 10.1. The van der Waals surface area contributed by atoms with Crippen molar-refractivity contribution in [2.45, 2.75) is 18.0 Å². The van der Waals surface area contributed by atoms with Crippen LogP contribution in [0, 0.1) is 0 Å². The number of sulfonamides is 1. The highest BCUT2D eigenvalue weighted by Crippen LogP contribution is 2.20. The summed E-state index contributed by atoms with van der Waals surface area (Å²) < 4.78 is 26.8. The first-order chi connectivity index (χ1) is 9.53. The molecule has 6 heteroatoms. The molecule has 0 aliphatic heterocycles. The average Bonchev–Trinajstić information content (AvgIpc) is 2.46. The monoisotopic (exact) mass is 311 g/mol. The van der Waals surface area contributed by atoms with E-state index in [9.17, 15) is 8.42 Å². The lowest BCUT2D eigenvalue weighted by Crippen LogP contribution is -2.23. The van der Waals surface area contributed by atoms with Crippen molar-refractivity contribution in [3.8, 4) is 0 Å². The maximum atomic E-state index is 12.1. The van der Waals surface area contributed by atoms with Crippen LogP contribution in [0.2, 0.25) is 5.02 Å². The predicted octanol–water partition coefficient (Wildman–Crippen LogP) is 2.31. The Morgan fingerprint density at radius 1 is 1.05 bits per heavy atom. The first-order valence-corrected chi connectivity index (χ1v) is 7.82. The molecule has 0 fully saturated rings. The van der Waals surface area contributed by atoms with Crippen LogP contribution >= 0.6 is 11.6 Å². The molecule has 0 aliphatic rings. The Bertz CT molecular complexity index is 701. The number of nitrogens with one attached hydrogen (secondary N) is 1. The van der Waals surface area contributed by atoms with Crippen LogP contribution < -0.4 is 4.72 Å². The van der Waals surface area contributed by atoms with Gasteiger partial charge in [-0.3, -0.25) is 0 Å². The fraction of sp³-hybridized carbons (Fsp3) is 0.143. The summed E-state index contributed by atoms with van der Waals surface area (Å²) in [6.07, 6.45) is 0. The van der Waals surface area contributed by atoms with Gasteiger partial charge in [-0.25, -0.2) is 13.1 Å². The molecular weight excluding hydrogens is 298 g/mol. The minimum atomic E-state index is -3.65. The molecule has 0 heterocycles. The summed E-state index contributed by atoms with van der Waals surface area (Å²) in [5, 5.41) is 9.23. The largest absolute Gasteiger partial charge is 0.392 e. The Hall–Kier alpha value is -1.40. The first-order valence-electron chi connectivity index (χ1n) is 5.96. The van der Waals surface area contributed by atoms with Crippen LogP contribution in [0.25, 0.3) is 0 Å². The van der Waals surface area contributed by atoms with Crippen LogP contribution in [0.3, 0.4) is 0 Å². The van der Waals surface area contributed by atoms with Gasteiger partial charge in [-0.05, 0) is 23.3 Å². The van der Waals surface area contributed by atoms with Crippen LogP contribution in [0.15, 0.2) is 53.4 Å². The minimum absolute atomic E-state index is 0.0555. The smallest absolute Gasteiger partial charge is 0.242 e. The maximum Gasteiger partial charge on any atom is 0.242 e. The number of rotatable bonds is 5. The third kappa shape index (κ3) is 3.58. The summed E-state index contributed by atoms with van der Waals surface area (Å²) in [6.45, 7) is 0.0620. The van der Waals surface area contributed by atoms with E-state index in [1.807, 2.05) is 0 Å². The Morgan fingerprint density at radius 2 is 1.75 bits per heavy atom. The summed E-state index contributed by atoms with van der Waals surface area (Å²) in [5.74, 6) is 0. The molecule has 0 bridgehead atoms. The highest BCUT2D eigenvalue weighted by molar-refractivity contribution is 7.89. The molecule has 2 aromatic carbocycles. The quantitative estimate of drug-likeness (QED) is 0.890. The Kier molecular flexibility index (Phi) is 4.77. The molecule has 0 amide bonds. The van der Waals surface area contributed by atoms with Gasteiger partial charge in [-0.2, -0.15) is 0 Å². The lowest BCUT2D eigenvalue weighted by Gasteiger charge is -2.09. The molecule has 0 saturated heterocycles. The zero-order valence-corrected chi connectivity index (χ0v) is 12.2. The number of aliphatic hydroxyl groups is 1. The molecule has 2 aromatic rings. The third-order valence-electron chi connectivity index (χ3n) is 2.77. The van der Waals surface area contributed by atoms with E-state index < -0.39 is 10.0 Å². The second-order valence-electron chi connectivity index (χ2n) is 4.23.